The van der Waals surface area contributed by atoms with E-state index in [1.165, 1.54) is 22.3 Å². The third-order valence-corrected chi connectivity index (χ3v) is 3.72. The first kappa shape index (κ1) is 10.8. The van der Waals surface area contributed by atoms with E-state index in [9.17, 15) is 0 Å². The Kier molecular flexibility index (Phi) is 2.86. The van der Waals surface area contributed by atoms with Crippen LogP contribution in [0.1, 0.15) is 16.7 Å². The van der Waals surface area contributed by atoms with Crippen LogP contribution in [0.25, 0.3) is 5.57 Å². The molecule has 1 aliphatic carbocycles. The number of allylic oxidation sites excluding steroid dienone is 2. The molecule has 0 atom stereocenters. The molecule has 0 unspecified atom stereocenters. The minimum atomic E-state index is 1.03. The van der Waals surface area contributed by atoms with E-state index in [1.807, 2.05) is 0 Å². The first-order valence-electron chi connectivity index (χ1n) is 5.85. The molecule has 0 spiro atoms. The molecule has 0 bridgehead atoms. The van der Waals surface area contributed by atoms with Gasteiger partial charge in [0.2, 0.25) is 0 Å². The first-order valence-corrected chi connectivity index (χ1v) is 6.64. The normalized spacial score (nSPS) is 13.4. The molecule has 0 amide bonds. The molecule has 1 heteroatoms. The van der Waals surface area contributed by atoms with Gasteiger partial charge in [0.25, 0.3) is 0 Å². The lowest BCUT2D eigenvalue weighted by atomic mass is 9.99. The van der Waals surface area contributed by atoms with Crippen LogP contribution in [-0.4, -0.2) is 0 Å². The van der Waals surface area contributed by atoms with Gasteiger partial charge in [0.1, 0.15) is 0 Å². The van der Waals surface area contributed by atoms with E-state index in [0.29, 0.717) is 0 Å². The minimum absolute atomic E-state index is 1.03. The van der Waals surface area contributed by atoms with E-state index in [-0.39, 0.29) is 0 Å². The van der Waals surface area contributed by atoms with Crippen molar-refractivity contribution in [3.63, 3.8) is 0 Å². The van der Waals surface area contributed by atoms with Crippen LogP contribution in [-0.2, 0) is 12.8 Å². The Labute approximate surface area is 110 Å². The van der Waals surface area contributed by atoms with Crippen LogP contribution < -0.4 is 0 Å². The van der Waals surface area contributed by atoms with Gasteiger partial charge < -0.3 is 0 Å². The van der Waals surface area contributed by atoms with Crippen LogP contribution in [0.4, 0.5) is 0 Å². The first-order chi connectivity index (χ1) is 8.33. The second kappa shape index (κ2) is 4.50. The molecule has 0 N–H and O–H groups in total. The van der Waals surface area contributed by atoms with Gasteiger partial charge in [-0.3, -0.25) is 0 Å². The zero-order chi connectivity index (χ0) is 11.7. The smallest absolute Gasteiger partial charge is 0.0181 e. The maximum Gasteiger partial charge on any atom is 0.0181 e. The number of rotatable bonds is 2. The van der Waals surface area contributed by atoms with Gasteiger partial charge in [-0.05, 0) is 47.2 Å². The fourth-order valence-electron chi connectivity index (χ4n) is 2.35. The summed E-state index contributed by atoms with van der Waals surface area (Å²) in [4.78, 5) is 0. The Bertz CT molecular complexity index is 567. The lowest BCUT2D eigenvalue weighted by Gasteiger charge is -2.06. The molecule has 84 valence electrons. The van der Waals surface area contributed by atoms with Gasteiger partial charge in [0.15, 0.2) is 0 Å². The van der Waals surface area contributed by atoms with E-state index >= 15 is 0 Å². The van der Waals surface area contributed by atoms with E-state index < -0.39 is 0 Å². The van der Waals surface area contributed by atoms with E-state index in [0.717, 1.165) is 17.3 Å². The number of hydrogen-bond acceptors (Lipinski definition) is 0. The Morgan fingerprint density at radius 3 is 2.65 bits per heavy atom. The van der Waals surface area contributed by atoms with Crippen molar-refractivity contribution < 1.29 is 0 Å². The Hall–Kier alpha value is -1.34. The van der Waals surface area contributed by atoms with Crippen LogP contribution >= 0.6 is 15.9 Å². The SMILES string of the molecule is Brc1ccc2c(c1)C(Cc1ccccc1)=CC2. The maximum absolute atomic E-state index is 3.55. The lowest BCUT2D eigenvalue weighted by Crippen LogP contribution is -1.89. The average Bonchev–Trinajstić information content (AvgIpc) is 2.73. The summed E-state index contributed by atoms with van der Waals surface area (Å²) < 4.78 is 1.16. The van der Waals surface area contributed by atoms with Crippen molar-refractivity contribution in [3.8, 4) is 0 Å². The summed E-state index contributed by atoms with van der Waals surface area (Å²) >= 11 is 3.55. The lowest BCUT2D eigenvalue weighted by molar-refractivity contribution is 1.29. The zero-order valence-electron chi connectivity index (χ0n) is 9.49. The fourth-order valence-corrected chi connectivity index (χ4v) is 2.71. The quantitative estimate of drug-likeness (QED) is 0.754. The molecular formula is C16H13Br. The van der Waals surface area contributed by atoms with Crippen molar-refractivity contribution in [2.45, 2.75) is 12.8 Å². The Morgan fingerprint density at radius 2 is 1.82 bits per heavy atom. The molecule has 0 heterocycles. The second-order valence-corrected chi connectivity index (χ2v) is 5.31. The highest BCUT2D eigenvalue weighted by molar-refractivity contribution is 9.10. The number of benzene rings is 2. The van der Waals surface area contributed by atoms with Crippen LogP contribution in [0, 0.1) is 0 Å². The number of halogens is 1. The van der Waals surface area contributed by atoms with Gasteiger partial charge in [-0.15, -0.1) is 0 Å². The molecule has 1 aliphatic rings. The molecule has 2 aromatic carbocycles. The number of hydrogen-bond donors (Lipinski definition) is 0. The van der Waals surface area contributed by atoms with Gasteiger partial charge in [-0.1, -0.05) is 58.4 Å². The van der Waals surface area contributed by atoms with Crippen LogP contribution in [0.2, 0.25) is 0 Å². The molecule has 17 heavy (non-hydrogen) atoms. The Balaban J connectivity index is 1.91. The minimum Gasteiger partial charge on any atom is -0.0759 e. The van der Waals surface area contributed by atoms with E-state index in [1.54, 1.807) is 0 Å². The predicted octanol–water partition coefficient (Wildman–Crippen LogP) is 4.63. The summed E-state index contributed by atoms with van der Waals surface area (Å²) in [6, 6.07) is 17.2. The van der Waals surface area contributed by atoms with Gasteiger partial charge in [0.05, 0.1) is 0 Å². The topological polar surface area (TPSA) is 0 Å². The summed E-state index contributed by atoms with van der Waals surface area (Å²) in [6.07, 6.45) is 4.46. The molecule has 0 aliphatic heterocycles. The van der Waals surface area contributed by atoms with Gasteiger partial charge in [-0.25, -0.2) is 0 Å². The molecule has 2 aromatic rings. The summed E-state index contributed by atoms with van der Waals surface area (Å²) in [6.45, 7) is 0. The monoisotopic (exact) mass is 284 g/mol. The third-order valence-electron chi connectivity index (χ3n) is 3.22. The van der Waals surface area contributed by atoms with Crippen molar-refractivity contribution in [2.24, 2.45) is 0 Å². The Morgan fingerprint density at radius 1 is 1.00 bits per heavy atom. The highest BCUT2D eigenvalue weighted by Crippen LogP contribution is 2.32. The van der Waals surface area contributed by atoms with Gasteiger partial charge >= 0.3 is 0 Å². The molecular weight excluding hydrogens is 272 g/mol. The van der Waals surface area contributed by atoms with E-state index in [4.69, 9.17) is 0 Å². The molecule has 0 saturated carbocycles. The molecule has 0 nitrogen and oxygen atoms in total. The van der Waals surface area contributed by atoms with Gasteiger partial charge in [0, 0.05) is 4.47 Å². The second-order valence-electron chi connectivity index (χ2n) is 4.40. The fraction of sp³-hybridized carbons (Fsp3) is 0.125. The average molecular weight is 285 g/mol. The standard InChI is InChI=1S/C16H13Br/c17-15-9-8-13-6-7-14(16(13)11-15)10-12-4-2-1-3-5-12/h1-5,7-9,11H,6,10H2. The van der Waals surface area contributed by atoms with Crippen LogP contribution in [0.3, 0.4) is 0 Å². The molecule has 0 saturated heterocycles. The largest absolute Gasteiger partial charge is 0.0759 e. The van der Waals surface area contributed by atoms with Crippen molar-refractivity contribution in [1.29, 1.82) is 0 Å². The van der Waals surface area contributed by atoms with Gasteiger partial charge in [-0.2, -0.15) is 0 Å². The van der Waals surface area contributed by atoms with Crippen LogP contribution in [0.15, 0.2) is 59.1 Å². The third kappa shape index (κ3) is 2.20. The highest BCUT2D eigenvalue weighted by Gasteiger charge is 2.14. The van der Waals surface area contributed by atoms with Crippen LogP contribution in [0.5, 0.6) is 0 Å². The van der Waals surface area contributed by atoms with E-state index in [2.05, 4.69) is 70.5 Å². The summed E-state index contributed by atoms with van der Waals surface area (Å²) in [5.41, 5.74) is 5.68. The summed E-state index contributed by atoms with van der Waals surface area (Å²) in [7, 11) is 0. The van der Waals surface area contributed by atoms with Crippen molar-refractivity contribution >= 4 is 21.5 Å². The molecule has 0 aromatic heterocycles. The van der Waals surface area contributed by atoms with Crippen molar-refractivity contribution in [2.75, 3.05) is 0 Å². The maximum atomic E-state index is 3.55. The van der Waals surface area contributed by atoms with Crippen molar-refractivity contribution in [3.05, 3.63) is 75.8 Å². The van der Waals surface area contributed by atoms with Crippen molar-refractivity contribution in [1.82, 2.24) is 0 Å². The zero-order valence-corrected chi connectivity index (χ0v) is 11.1. The summed E-state index contributed by atoms with van der Waals surface area (Å²) in [5.74, 6) is 0. The molecule has 0 radical (unpaired) electrons. The molecule has 3 rings (SSSR count). The predicted molar refractivity (Wildman–Crippen MR) is 76.0 cm³/mol. The number of fused-ring (bicyclic) bond motifs is 1. The summed E-state index contributed by atoms with van der Waals surface area (Å²) in [5, 5.41) is 0. The highest BCUT2D eigenvalue weighted by atomic mass is 79.9. The molecule has 0 fully saturated rings.